The average molecular weight is 313 g/mol. The summed E-state index contributed by atoms with van der Waals surface area (Å²) in [6.07, 6.45) is 1.84. The van der Waals surface area contributed by atoms with E-state index in [2.05, 4.69) is 56.6 Å². The van der Waals surface area contributed by atoms with Crippen LogP contribution in [-0.4, -0.2) is 4.98 Å². The van der Waals surface area contributed by atoms with Crippen LogP contribution >= 0.6 is 15.9 Å². The van der Waals surface area contributed by atoms with E-state index in [0.717, 1.165) is 27.6 Å². The average Bonchev–Trinajstić information content (AvgIpc) is 2.47. The number of fused-ring (bicyclic) bond motifs is 1. The second-order valence-electron chi connectivity index (χ2n) is 4.36. The molecule has 1 aromatic heterocycles. The molecule has 94 valence electrons. The zero-order valence-electron chi connectivity index (χ0n) is 10.3. The van der Waals surface area contributed by atoms with Gasteiger partial charge in [0.2, 0.25) is 0 Å². The number of nitrogens with one attached hydrogen (secondary N) is 1. The number of aromatic nitrogens is 1. The van der Waals surface area contributed by atoms with Crippen molar-refractivity contribution in [3.05, 3.63) is 70.8 Å². The van der Waals surface area contributed by atoms with Gasteiger partial charge in [-0.1, -0.05) is 46.3 Å². The van der Waals surface area contributed by atoms with Gasteiger partial charge >= 0.3 is 0 Å². The second-order valence-corrected chi connectivity index (χ2v) is 5.27. The first-order valence-corrected chi connectivity index (χ1v) is 6.94. The summed E-state index contributed by atoms with van der Waals surface area (Å²) < 4.78 is 1.10. The monoisotopic (exact) mass is 312 g/mol. The first kappa shape index (κ1) is 12.2. The normalized spacial score (nSPS) is 10.6. The lowest BCUT2D eigenvalue weighted by Crippen LogP contribution is -2.00. The maximum Gasteiger partial charge on any atom is 0.0722 e. The van der Waals surface area contributed by atoms with Crippen LogP contribution in [0.3, 0.4) is 0 Å². The Hall–Kier alpha value is -1.87. The van der Waals surface area contributed by atoms with Crippen LogP contribution in [-0.2, 0) is 6.54 Å². The fourth-order valence-corrected chi connectivity index (χ4v) is 2.31. The number of hydrogen-bond acceptors (Lipinski definition) is 2. The maximum atomic E-state index is 4.36. The smallest absolute Gasteiger partial charge is 0.0722 e. The van der Waals surface area contributed by atoms with Crippen LogP contribution in [0.4, 0.5) is 5.69 Å². The van der Waals surface area contributed by atoms with Gasteiger partial charge in [-0.2, -0.15) is 0 Å². The first-order valence-electron chi connectivity index (χ1n) is 6.15. The van der Waals surface area contributed by atoms with E-state index in [0.29, 0.717) is 0 Å². The van der Waals surface area contributed by atoms with Gasteiger partial charge in [0, 0.05) is 28.3 Å². The van der Waals surface area contributed by atoms with E-state index in [1.165, 1.54) is 5.56 Å². The molecule has 0 fully saturated rings. The van der Waals surface area contributed by atoms with E-state index in [1.807, 2.05) is 30.5 Å². The lowest BCUT2D eigenvalue weighted by molar-refractivity contribution is 1.15. The Kier molecular flexibility index (Phi) is 3.47. The molecule has 0 aliphatic rings. The van der Waals surface area contributed by atoms with Crippen molar-refractivity contribution in [3.8, 4) is 0 Å². The Labute approximate surface area is 120 Å². The summed E-state index contributed by atoms with van der Waals surface area (Å²) >= 11 is 3.45. The molecule has 0 bridgehead atoms. The molecule has 2 nitrogen and oxygen atoms in total. The van der Waals surface area contributed by atoms with Crippen molar-refractivity contribution in [1.29, 1.82) is 0 Å². The Balaban J connectivity index is 1.84. The molecule has 0 atom stereocenters. The summed E-state index contributed by atoms with van der Waals surface area (Å²) in [7, 11) is 0. The molecule has 2 aromatic carbocycles. The molecule has 0 amide bonds. The van der Waals surface area contributed by atoms with Crippen LogP contribution in [0.5, 0.6) is 0 Å². The van der Waals surface area contributed by atoms with Gasteiger partial charge in [0.25, 0.3) is 0 Å². The molecule has 0 spiro atoms. The molecular weight excluding hydrogens is 300 g/mol. The number of benzene rings is 2. The number of pyridine rings is 1. The van der Waals surface area contributed by atoms with Gasteiger partial charge in [-0.15, -0.1) is 0 Å². The molecule has 3 aromatic rings. The summed E-state index contributed by atoms with van der Waals surface area (Å²) in [5.41, 5.74) is 3.39. The molecule has 0 aliphatic carbocycles. The summed E-state index contributed by atoms with van der Waals surface area (Å²) in [5.74, 6) is 0. The zero-order chi connectivity index (χ0) is 13.1. The molecule has 0 radical (unpaired) electrons. The number of anilines is 1. The third-order valence-electron chi connectivity index (χ3n) is 3.05. The summed E-state index contributed by atoms with van der Waals surface area (Å²) in [6, 6.07) is 18.5. The van der Waals surface area contributed by atoms with Crippen molar-refractivity contribution >= 4 is 32.5 Å². The molecule has 19 heavy (non-hydrogen) atoms. The van der Waals surface area contributed by atoms with Gasteiger partial charge in [-0.05, 0) is 29.8 Å². The van der Waals surface area contributed by atoms with Crippen LogP contribution in [0.2, 0.25) is 0 Å². The van der Waals surface area contributed by atoms with Crippen LogP contribution in [0.1, 0.15) is 5.56 Å². The number of para-hydroxylation sites is 1. The molecule has 1 N–H and O–H groups in total. The Morgan fingerprint density at radius 2 is 1.74 bits per heavy atom. The number of nitrogens with zero attached hydrogens (tertiary/aromatic N) is 1. The number of hydrogen-bond donors (Lipinski definition) is 1. The topological polar surface area (TPSA) is 24.9 Å². The van der Waals surface area contributed by atoms with Gasteiger partial charge in [0.1, 0.15) is 0 Å². The van der Waals surface area contributed by atoms with Crippen molar-refractivity contribution in [1.82, 2.24) is 4.98 Å². The van der Waals surface area contributed by atoms with E-state index in [-0.39, 0.29) is 0 Å². The van der Waals surface area contributed by atoms with Gasteiger partial charge in [-0.3, -0.25) is 4.98 Å². The van der Waals surface area contributed by atoms with Gasteiger partial charge in [0.05, 0.1) is 5.52 Å². The Morgan fingerprint density at radius 3 is 2.58 bits per heavy atom. The van der Waals surface area contributed by atoms with Gasteiger partial charge in [-0.25, -0.2) is 0 Å². The molecule has 0 unspecified atom stereocenters. The van der Waals surface area contributed by atoms with Crippen LogP contribution < -0.4 is 5.32 Å². The summed E-state index contributed by atoms with van der Waals surface area (Å²) in [5, 5.41) is 4.62. The molecule has 0 aliphatic heterocycles. The molecule has 0 saturated heterocycles. The third kappa shape index (κ3) is 2.76. The predicted octanol–water partition coefficient (Wildman–Crippen LogP) is 4.61. The van der Waals surface area contributed by atoms with E-state index < -0.39 is 0 Å². The van der Waals surface area contributed by atoms with Crippen LogP contribution in [0.15, 0.2) is 65.3 Å². The van der Waals surface area contributed by atoms with Crippen LogP contribution in [0, 0.1) is 0 Å². The van der Waals surface area contributed by atoms with E-state index in [1.54, 1.807) is 0 Å². The zero-order valence-corrected chi connectivity index (χ0v) is 11.9. The quantitative estimate of drug-likeness (QED) is 0.764. The van der Waals surface area contributed by atoms with E-state index in [4.69, 9.17) is 0 Å². The first-order chi connectivity index (χ1) is 9.33. The molecular formula is C16H13BrN2. The van der Waals surface area contributed by atoms with E-state index >= 15 is 0 Å². The largest absolute Gasteiger partial charge is 0.380 e. The fourth-order valence-electron chi connectivity index (χ4n) is 2.05. The number of rotatable bonds is 3. The van der Waals surface area contributed by atoms with Crippen molar-refractivity contribution in [2.75, 3.05) is 5.32 Å². The highest BCUT2D eigenvalue weighted by Gasteiger charge is 2.00. The maximum absolute atomic E-state index is 4.36. The van der Waals surface area contributed by atoms with Gasteiger partial charge < -0.3 is 5.32 Å². The highest BCUT2D eigenvalue weighted by atomic mass is 79.9. The molecule has 3 heteroatoms. The minimum Gasteiger partial charge on any atom is -0.380 e. The highest BCUT2D eigenvalue weighted by molar-refractivity contribution is 9.10. The SMILES string of the molecule is Brc1ccc(CNc2ccnc3ccccc23)cc1. The Morgan fingerprint density at radius 1 is 0.947 bits per heavy atom. The van der Waals surface area contributed by atoms with Crippen molar-refractivity contribution < 1.29 is 0 Å². The minimum absolute atomic E-state index is 0.807. The standard InChI is InChI=1S/C16H13BrN2/c17-13-7-5-12(6-8-13)11-19-16-9-10-18-15-4-2-1-3-14(15)16/h1-10H,11H2,(H,18,19). The summed E-state index contributed by atoms with van der Waals surface area (Å²) in [6.45, 7) is 0.807. The van der Waals surface area contributed by atoms with Gasteiger partial charge in [0.15, 0.2) is 0 Å². The van der Waals surface area contributed by atoms with Crippen molar-refractivity contribution in [2.24, 2.45) is 0 Å². The van der Waals surface area contributed by atoms with Crippen molar-refractivity contribution in [3.63, 3.8) is 0 Å². The number of halogens is 1. The third-order valence-corrected chi connectivity index (χ3v) is 3.57. The lowest BCUT2D eigenvalue weighted by Gasteiger charge is -2.09. The van der Waals surface area contributed by atoms with Crippen LogP contribution in [0.25, 0.3) is 10.9 Å². The highest BCUT2D eigenvalue weighted by Crippen LogP contribution is 2.21. The predicted molar refractivity (Wildman–Crippen MR) is 83.2 cm³/mol. The molecule has 0 saturated carbocycles. The molecule has 1 heterocycles. The minimum atomic E-state index is 0.807. The molecule has 3 rings (SSSR count). The van der Waals surface area contributed by atoms with E-state index in [9.17, 15) is 0 Å². The van der Waals surface area contributed by atoms with Crippen molar-refractivity contribution in [2.45, 2.75) is 6.54 Å². The second kappa shape index (κ2) is 5.41. The Bertz CT molecular complexity index is 687. The fraction of sp³-hybridized carbons (Fsp3) is 0.0625. The summed E-state index contributed by atoms with van der Waals surface area (Å²) in [4.78, 5) is 4.36. The lowest BCUT2D eigenvalue weighted by atomic mass is 10.1.